The lowest BCUT2D eigenvalue weighted by molar-refractivity contribution is 0.143. The number of rotatable bonds is 8. The molecule has 0 spiro atoms. The summed E-state index contributed by atoms with van der Waals surface area (Å²) in [5.41, 5.74) is 0. The van der Waals surface area contributed by atoms with Crippen LogP contribution in [0.1, 0.15) is 0 Å². The summed E-state index contributed by atoms with van der Waals surface area (Å²) in [6.07, 6.45) is 1.56. The summed E-state index contributed by atoms with van der Waals surface area (Å²) >= 11 is 0. The van der Waals surface area contributed by atoms with Gasteiger partial charge in [0.15, 0.2) is 0 Å². The molecule has 0 N–H and O–H groups in total. The standard InChI is InChI=1S/C12H36F8O4S4Si/c1-25(2,3,13,14)21-29(22-26(4,5,6,15)16,23-27(7,8,9,17)18)24-28(10,11,12,19)20/h1-12H3. The first-order chi connectivity index (χ1) is 10.7. The fraction of sp³-hybridized carbons (Fsp3) is 1.00. The molecule has 0 bridgehead atoms. The Morgan fingerprint density at radius 2 is 0.448 bits per heavy atom. The van der Waals surface area contributed by atoms with Crippen LogP contribution in [0.2, 0.25) is 0 Å². The van der Waals surface area contributed by atoms with Crippen LogP contribution in [0.15, 0.2) is 0 Å². The molecule has 0 aromatic carbocycles. The second kappa shape index (κ2) is 4.47. The Labute approximate surface area is 168 Å². The van der Waals surface area contributed by atoms with Crippen LogP contribution in [-0.4, -0.2) is 84.1 Å². The Morgan fingerprint density at radius 3 is 0.517 bits per heavy atom. The summed E-state index contributed by atoms with van der Waals surface area (Å²) in [6, 6.07) is 0. The van der Waals surface area contributed by atoms with Crippen molar-refractivity contribution in [2.45, 2.75) is 0 Å². The second-order valence-corrected chi connectivity index (χ2v) is 38.5. The molecule has 0 aliphatic rings. The summed E-state index contributed by atoms with van der Waals surface area (Å²) < 4.78 is 138. The van der Waals surface area contributed by atoms with Crippen molar-refractivity contribution in [1.29, 1.82) is 0 Å². The van der Waals surface area contributed by atoms with Crippen LogP contribution in [0.3, 0.4) is 0 Å². The maximum Gasteiger partial charge on any atom is 0.729 e. The van der Waals surface area contributed by atoms with E-state index in [-0.39, 0.29) is 75.1 Å². The quantitative estimate of drug-likeness (QED) is 0.234. The molecule has 0 aromatic rings. The lowest BCUT2D eigenvalue weighted by Crippen LogP contribution is -2.60. The minimum absolute atomic E-state index is 0.130. The molecular formula is C12H36F8O4S4Si. The molecule has 0 aliphatic carbocycles. The van der Waals surface area contributed by atoms with Crippen LogP contribution in [0.4, 0.5) is 31.1 Å². The van der Waals surface area contributed by atoms with Gasteiger partial charge in [0.05, 0.1) is 0 Å². The zero-order chi connectivity index (χ0) is 25.0. The third kappa shape index (κ3) is 19.3. The maximum atomic E-state index is 15.1. The number of halogens is 8. The van der Waals surface area contributed by atoms with E-state index in [9.17, 15) is 0 Å². The smallest absolute Gasteiger partial charge is 0.271 e. The minimum Gasteiger partial charge on any atom is -0.271 e. The Bertz CT molecular complexity index is 593. The third-order valence-electron chi connectivity index (χ3n) is 1.66. The lowest BCUT2D eigenvalue weighted by atomic mass is 11.9. The van der Waals surface area contributed by atoms with Gasteiger partial charge in [0, 0.05) is 112 Å². The topological polar surface area (TPSA) is 36.9 Å². The van der Waals surface area contributed by atoms with Gasteiger partial charge in [-0.25, -0.2) is 0 Å². The Kier molecular flexibility index (Phi) is 4.61. The predicted molar refractivity (Wildman–Crippen MR) is 120 cm³/mol. The molecule has 192 valence electrons. The molecule has 0 saturated carbocycles. The highest BCUT2D eigenvalue weighted by atomic mass is 32.4. The molecule has 17 heteroatoms. The van der Waals surface area contributed by atoms with Gasteiger partial charge in [0.1, 0.15) is 0 Å². The molecule has 0 aliphatic heterocycles. The highest BCUT2D eigenvalue weighted by Gasteiger charge is 2.77. The van der Waals surface area contributed by atoms with Crippen LogP contribution >= 0.6 is 37.4 Å². The van der Waals surface area contributed by atoms with Gasteiger partial charge in [-0.2, -0.15) is 31.1 Å². The van der Waals surface area contributed by atoms with Crippen molar-refractivity contribution in [2.24, 2.45) is 0 Å². The normalized spacial score (nSPS) is 26.9. The van der Waals surface area contributed by atoms with E-state index in [4.69, 9.17) is 0 Å². The molecule has 0 unspecified atom stereocenters. The van der Waals surface area contributed by atoms with Crippen molar-refractivity contribution < 1.29 is 46.6 Å². The van der Waals surface area contributed by atoms with Crippen LogP contribution < -0.4 is 0 Å². The van der Waals surface area contributed by atoms with Crippen LogP contribution in [0, 0.1) is 0 Å². The molecular weight excluding hydrogens is 516 g/mol. The third-order valence-corrected chi connectivity index (χ3v) is 14.9. The van der Waals surface area contributed by atoms with E-state index in [0.29, 0.717) is 0 Å². The first kappa shape index (κ1) is 29.9. The molecule has 0 atom stereocenters. The van der Waals surface area contributed by atoms with Gasteiger partial charge in [-0.05, 0) is 0 Å². The van der Waals surface area contributed by atoms with Gasteiger partial charge < -0.3 is 0 Å². The first-order valence-electron chi connectivity index (χ1n) is 7.62. The molecule has 0 heterocycles. The monoisotopic (exact) mass is 552 g/mol. The van der Waals surface area contributed by atoms with Gasteiger partial charge in [-0.15, -0.1) is 0 Å². The Hall–Kier alpha value is 0.897. The van der Waals surface area contributed by atoms with Crippen molar-refractivity contribution >= 4 is 46.4 Å². The molecule has 0 radical (unpaired) electrons. The molecule has 0 aromatic heterocycles. The van der Waals surface area contributed by atoms with Gasteiger partial charge in [0.25, 0.3) is 0 Å². The van der Waals surface area contributed by atoms with E-state index in [2.05, 4.69) is 15.5 Å². The van der Waals surface area contributed by atoms with E-state index in [1.807, 2.05) is 0 Å². The van der Waals surface area contributed by atoms with E-state index in [1.54, 1.807) is 0 Å². The van der Waals surface area contributed by atoms with E-state index in [0.717, 1.165) is 0 Å². The number of hydrogen-bond acceptors (Lipinski definition) is 4. The van der Waals surface area contributed by atoms with Gasteiger partial charge >= 0.3 is 9.05 Å². The molecule has 0 rings (SSSR count). The van der Waals surface area contributed by atoms with Gasteiger partial charge in [0.2, 0.25) is 0 Å². The molecule has 29 heavy (non-hydrogen) atoms. The summed E-state index contributed by atoms with van der Waals surface area (Å²) in [7, 11) is -34.6. The molecule has 0 fully saturated rings. The van der Waals surface area contributed by atoms with Crippen molar-refractivity contribution in [3.63, 3.8) is 0 Å². The van der Waals surface area contributed by atoms with Crippen LogP contribution in [0.5, 0.6) is 0 Å². The van der Waals surface area contributed by atoms with Gasteiger partial charge in [-0.3, -0.25) is 15.5 Å². The van der Waals surface area contributed by atoms with Crippen molar-refractivity contribution in [2.75, 3.05) is 75.1 Å². The highest BCUT2D eigenvalue weighted by molar-refractivity contribution is 8.56. The van der Waals surface area contributed by atoms with E-state index >= 15 is 31.1 Å². The number of hydrogen-bond donors (Lipinski definition) is 0. The Balaban J connectivity index is 7.39. The fourth-order valence-electron chi connectivity index (χ4n) is 1.62. The highest BCUT2D eigenvalue weighted by Crippen LogP contribution is 2.97. The minimum atomic E-state index is -6.98. The van der Waals surface area contributed by atoms with E-state index < -0.39 is 46.4 Å². The molecule has 0 saturated heterocycles. The van der Waals surface area contributed by atoms with Crippen LogP contribution in [-0.2, 0) is 15.5 Å². The summed E-state index contributed by atoms with van der Waals surface area (Å²) in [5, 5.41) is 0. The second-order valence-electron chi connectivity index (χ2n) is 12.2. The largest absolute Gasteiger partial charge is 0.729 e. The van der Waals surface area contributed by atoms with Crippen molar-refractivity contribution in [3.8, 4) is 0 Å². The SMILES string of the molecule is CS(C)(C)(F)(F)O[Si](OS(C)(C)(C)(F)F)(OS(C)(C)(C)(F)F)OS(C)(C)(C)(F)F. The first-order valence-corrected chi connectivity index (χ1v) is 22.8. The average Bonchev–Trinajstić information content (AvgIpc) is 1.65. The lowest BCUT2D eigenvalue weighted by Gasteiger charge is -2.68. The fourth-order valence-corrected chi connectivity index (χ4v) is 16.1. The van der Waals surface area contributed by atoms with Crippen molar-refractivity contribution in [3.05, 3.63) is 0 Å². The van der Waals surface area contributed by atoms with Gasteiger partial charge in [-0.1, -0.05) is 0 Å². The Morgan fingerprint density at radius 1 is 0.345 bits per heavy atom. The molecule has 4 nitrogen and oxygen atoms in total. The van der Waals surface area contributed by atoms with E-state index in [1.165, 1.54) is 0 Å². The zero-order valence-corrected chi connectivity index (χ0v) is 23.1. The predicted octanol–water partition coefficient (Wildman–Crippen LogP) is 7.29. The molecule has 0 amide bonds. The zero-order valence-electron chi connectivity index (χ0n) is 18.8. The van der Waals surface area contributed by atoms with Crippen molar-refractivity contribution in [1.82, 2.24) is 0 Å². The maximum absolute atomic E-state index is 15.1. The average molecular weight is 553 g/mol. The summed E-state index contributed by atoms with van der Waals surface area (Å²) in [5.74, 6) is 0. The van der Waals surface area contributed by atoms with Crippen LogP contribution in [0.25, 0.3) is 0 Å². The summed E-state index contributed by atoms with van der Waals surface area (Å²) in [6.45, 7) is 0. The summed E-state index contributed by atoms with van der Waals surface area (Å²) in [4.78, 5) is 0.